The van der Waals surface area contributed by atoms with E-state index in [2.05, 4.69) is 15.8 Å². The molecule has 8 heteroatoms. The number of halogens is 2. The van der Waals surface area contributed by atoms with E-state index in [1.807, 2.05) is 43.3 Å². The molecular formula is C22H19Cl2N3O3. The van der Waals surface area contributed by atoms with Crippen LogP contribution < -0.4 is 15.5 Å². The molecule has 0 spiro atoms. The van der Waals surface area contributed by atoms with Crippen LogP contribution in [0.4, 0.5) is 5.69 Å². The van der Waals surface area contributed by atoms with Gasteiger partial charge in [-0.15, -0.1) is 0 Å². The van der Waals surface area contributed by atoms with Gasteiger partial charge in [-0.1, -0.05) is 53.5 Å². The maximum atomic E-state index is 12.1. The van der Waals surface area contributed by atoms with Gasteiger partial charge < -0.3 is 10.1 Å². The van der Waals surface area contributed by atoms with Crippen LogP contribution in [0.15, 0.2) is 59.7 Å². The topological polar surface area (TPSA) is 79.8 Å². The quantitative estimate of drug-likeness (QED) is 0.305. The molecule has 3 aromatic carbocycles. The second-order valence-corrected chi connectivity index (χ2v) is 7.04. The maximum absolute atomic E-state index is 12.1. The molecule has 154 valence electrons. The number of amides is 2. The van der Waals surface area contributed by atoms with Gasteiger partial charge in [-0.25, -0.2) is 5.43 Å². The van der Waals surface area contributed by atoms with Crippen molar-refractivity contribution in [3.05, 3.63) is 70.2 Å². The van der Waals surface area contributed by atoms with Crippen molar-refractivity contribution < 1.29 is 14.3 Å². The van der Waals surface area contributed by atoms with Crippen molar-refractivity contribution in [2.75, 3.05) is 11.9 Å². The van der Waals surface area contributed by atoms with E-state index in [9.17, 15) is 9.59 Å². The van der Waals surface area contributed by atoms with Crippen LogP contribution in [-0.4, -0.2) is 24.6 Å². The lowest BCUT2D eigenvalue weighted by molar-refractivity contribution is -0.126. The Morgan fingerprint density at radius 1 is 1.00 bits per heavy atom. The van der Waals surface area contributed by atoms with E-state index >= 15 is 0 Å². The van der Waals surface area contributed by atoms with Crippen LogP contribution in [0.1, 0.15) is 18.9 Å². The number of nitrogens with one attached hydrogen (secondary N) is 2. The molecule has 0 unspecified atom stereocenters. The smallest absolute Gasteiger partial charge is 0.249 e. The molecule has 3 rings (SSSR count). The second kappa shape index (κ2) is 10.1. The first kappa shape index (κ1) is 21.6. The highest BCUT2D eigenvalue weighted by atomic mass is 35.5. The minimum atomic E-state index is -0.558. The van der Waals surface area contributed by atoms with Gasteiger partial charge >= 0.3 is 0 Å². The number of carbonyl (C=O) groups is 2. The number of fused-ring (bicyclic) bond motifs is 1. The van der Waals surface area contributed by atoms with Gasteiger partial charge in [0.05, 0.1) is 28.6 Å². The van der Waals surface area contributed by atoms with Gasteiger partial charge in [-0.3, -0.25) is 9.59 Å². The lowest BCUT2D eigenvalue weighted by Crippen LogP contribution is -2.24. The Morgan fingerprint density at radius 3 is 2.53 bits per heavy atom. The van der Waals surface area contributed by atoms with Crippen molar-refractivity contribution in [1.82, 2.24) is 5.43 Å². The first-order valence-electron chi connectivity index (χ1n) is 9.20. The molecule has 30 heavy (non-hydrogen) atoms. The highest BCUT2D eigenvalue weighted by Gasteiger charge is 2.12. The van der Waals surface area contributed by atoms with Crippen LogP contribution in [-0.2, 0) is 9.59 Å². The molecule has 0 aliphatic heterocycles. The summed E-state index contributed by atoms with van der Waals surface area (Å²) in [5, 5.41) is 8.94. The molecule has 0 fully saturated rings. The number of hydrazone groups is 1. The zero-order valence-corrected chi connectivity index (χ0v) is 17.6. The molecule has 0 aliphatic rings. The third-order valence-corrected chi connectivity index (χ3v) is 4.98. The number of carbonyl (C=O) groups excluding carboxylic acids is 2. The average molecular weight is 444 g/mol. The predicted octanol–water partition coefficient (Wildman–Crippen LogP) is 5.02. The molecule has 0 radical (unpaired) electrons. The summed E-state index contributed by atoms with van der Waals surface area (Å²) in [6.07, 6.45) is 1.12. The van der Waals surface area contributed by atoms with Gasteiger partial charge in [0.15, 0.2) is 0 Å². The molecular weight excluding hydrogens is 425 g/mol. The van der Waals surface area contributed by atoms with E-state index in [1.165, 1.54) is 6.21 Å². The van der Waals surface area contributed by atoms with Crippen LogP contribution in [0.5, 0.6) is 5.75 Å². The van der Waals surface area contributed by atoms with E-state index in [1.54, 1.807) is 18.2 Å². The van der Waals surface area contributed by atoms with Crippen LogP contribution in [0.25, 0.3) is 10.8 Å². The number of rotatable bonds is 7. The first-order valence-corrected chi connectivity index (χ1v) is 9.95. The van der Waals surface area contributed by atoms with Crippen LogP contribution in [0.3, 0.4) is 0 Å². The molecule has 0 aromatic heterocycles. The summed E-state index contributed by atoms with van der Waals surface area (Å²) in [5.74, 6) is -0.304. The van der Waals surface area contributed by atoms with Gasteiger partial charge in [0.25, 0.3) is 0 Å². The van der Waals surface area contributed by atoms with Crippen LogP contribution >= 0.6 is 23.2 Å². The van der Waals surface area contributed by atoms with Crippen molar-refractivity contribution in [2.45, 2.75) is 13.3 Å². The van der Waals surface area contributed by atoms with Crippen molar-refractivity contribution in [3.8, 4) is 5.75 Å². The third-order valence-electron chi connectivity index (χ3n) is 4.16. The lowest BCUT2D eigenvalue weighted by atomic mass is 10.0. The summed E-state index contributed by atoms with van der Waals surface area (Å²) in [6.45, 7) is 2.49. The molecule has 0 heterocycles. The molecule has 3 aromatic rings. The van der Waals surface area contributed by atoms with E-state index in [0.29, 0.717) is 17.3 Å². The van der Waals surface area contributed by atoms with Gasteiger partial charge in [0.2, 0.25) is 11.8 Å². The molecule has 0 aliphatic carbocycles. The number of nitrogens with zero attached hydrogens (tertiary/aromatic N) is 1. The van der Waals surface area contributed by atoms with Crippen molar-refractivity contribution in [3.63, 3.8) is 0 Å². The molecule has 0 atom stereocenters. The summed E-state index contributed by atoms with van der Waals surface area (Å²) in [6, 6.07) is 16.3. The molecule has 0 bridgehead atoms. The zero-order chi connectivity index (χ0) is 21.5. The summed E-state index contributed by atoms with van der Waals surface area (Å²) >= 11 is 11.9. The normalized spacial score (nSPS) is 10.9. The first-order chi connectivity index (χ1) is 14.5. The van der Waals surface area contributed by atoms with Crippen LogP contribution in [0, 0.1) is 0 Å². The highest BCUT2D eigenvalue weighted by molar-refractivity contribution is 6.44. The van der Waals surface area contributed by atoms with Crippen molar-refractivity contribution in [2.24, 2.45) is 5.10 Å². The number of anilines is 1. The van der Waals surface area contributed by atoms with E-state index in [0.717, 1.165) is 22.1 Å². The monoisotopic (exact) mass is 443 g/mol. The second-order valence-electron chi connectivity index (χ2n) is 6.25. The van der Waals surface area contributed by atoms with Gasteiger partial charge in [0, 0.05) is 10.9 Å². The highest BCUT2D eigenvalue weighted by Crippen LogP contribution is 2.29. The van der Waals surface area contributed by atoms with Gasteiger partial charge in [-0.05, 0) is 36.6 Å². The number of hydrogen-bond acceptors (Lipinski definition) is 4. The van der Waals surface area contributed by atoms with E-state index in [4.69, 9.17) is 27.9 Å². The summed E-state index contributed by atoms with van der Waals surface area (Å²) < 4.78 is 5.65. The maximum Gasteiger partial charge on any atom is 0.249 e. The predicted molar refractivity (Wildman–Crippen MR) is 121 cm³/mol. The van der Waals surface area contributed by atoms with Crippen molar-refractivity contribution in [1.29, 1.82) is 0 Å². The Morgan fingerprint density at radius 2 is 1.77 bits per heavy atom. The lowest BCUT2D eigenvalue weighted by Gasteiger charge is -2.09. The van der Waals surface area contributed by atoms with E-state index < -0.39 is 18.2 Å². The Bertz CT molecular complexity index is 1120. The number of ether oxygens (including phenoxy) is 1. The Balaban J connectivity index is 1.63. The third kappa shape index (κ3) is 5.28. The molecule has 2 amide bonds. The minimum absolute atomic E-state index is 0.216. The Labute approximate surface area is 183 Å². The number of hydrogen-bond donors (Lipinski definition) is 2. The standard InChI is InChI=1S/C22H19Cl2N3O3/c1-2-30-19-11-10-14(15-6-3-4-7-16(15)19)13-25-27-21(29)12-20(28)26-18-9-5-8-17(23)22(18)24/h3-11,13H,2,12H2,1H3,(H,26,28)(H,27,29). The van der Waals surface area contributed by atoms with Gasteiger partial charge in [-0.2, -0.15) is 5.10 Å². The SMILES string of the molecule is CCOc1ccc(C=NNC(=O)CC(=O)Nc2cccc(Cl)c2Cl)c2ccccc12. The summed E-state index contributed by atoms with van der Waals surface area (Å²) in [5.41, 5.74) is 3.51. The van der Waals surface area contributed by atoms with E-state index in [-0.39, 0.29) is 5.02 Å². The zero-order valence-electron chi connectivity index (χ0n) is 16.1. The van der Waals surface area contributed by atoms with Gasteiger partial charge in [0.1, 0.15) is 12.2 Å². The fraction of sp³-hybridized carbons (Fsp3) is 0.136. The Hall–Kier alpha value is -3.09. The summed E-state index contributed by atoms with van der Waals surface area (Å²) in [4.78, 5) is 24.1. The fourth-order valence-corrected chi connectivity index (χ4v) is 3.19. The minimum Gasteiger partial charge on any atom is -0.493 e. The molecule has 0 saturated heterocycles. The molecule has 0 saturated carbocycles. The fourth-order valence-electron chi connectivity index (χ4n) is 2.84. The van der Waals surface area contributed by atoms with Crippen LogP contribution in [0.2, 0.25) is 10.0 Å². The summed E-state index contributed by atoms with van der Waals surface area (Å²) in [7, 11) is 0. The largest absolute Gasteiger partial charge is 0.493 e. The molecule has 6 nitrogen and oxygen atoms in total. The Kier molecular flexibility index (Phi) is 7.27. The molecule has 2 N–H and O–H groups in total. The number of benzene rings is 3. The average Bonchev–Trinajstić information content (AvgIpc) is 2.73. The van der Waals surface area contributed by atoms with Crippen molar-refractivity contribution >= 4 is 57.7 Å².